The molecule has 1 N–H and O–H groups in total. The molecule has 0 saturated carbocycles. The summed E-state index contributed by atoms with van der Waals surface area (Å²) >= 11 is 1.82. The number of aromatic nitrogens is 1. The van der Waals surface area contributed by atoms with Crippen LogP contribution in [-0.4, -0.2) is 37.8 Å². The van der Waals surface area contributed by atoms with Gasteiger partial charge >= 0.3 is 0 Å². The summed E-state index contributed by atoms with van der Waals surface area (Å²) in [4.78, 5) is 8.61. The normalized spacial score (nSPS) is 24.1. The van der Waals surface area contributed by atoms with Crippen LogP contribution in [0.25, 0.3) is 0 Å². The van der Waals surface area contributed by atoms with Gasteiger partial charge in [0.05, 0.1) is 17.8 Å². The SMILES string of the molecule is CCC(C)c1nc(N(C)C2CCOC2C)sc1CNC. The average Bonchev–Trinajstić information content (AvgIpc) is 3.04. The minimum absolute atomic E-state index is 0.295. The molecule has 1 aromatic heterocycles. The third kappa shape index (κ3) is 3.15. The molecule has 0 bridgehead atoms. The maximum Gasteiger partial charge on any atom is 0.185 e. The highest BCUT2D eigenvalue weighted by molar-refractivity contribution is 7.15. The molecule has 5 heteroatoms. The molecule has 0 spiro atoms. The van der Waals surface area contributed by atoms with Crippen LogP contribution in [0.3, 0.4) is 0 Å². The molecule has 0 amide bonds. The first kappa shape index (κ1) is 15.7. The zero-order valence-electron chi connectivity index (χ0n) is 13.3. The predicted molar refractivity (Wildman–Crippen MR) is 85.8 cm³/mol. The molecule has 4 nitrogen and oxygen atoms in total. The fourth-order valence-corrected chi connectivity index (χ4v) is 3.95. The van der Waals surface area contributed by atoms with E-state index >= 15 is 0 Å². The van der Waals surface area contributed by atoms with Crippen molar-refractivity contribution in [2.75, 3.05) is 25.6 Å². The topological polar surface area (TPSA) is 37.4 Å². The summed E-state index contributed by atoms with van der Waals surface area (Å²) in [6.45, 7) is 8.42. The average molecular weight is 297 g/mol. The maximum atomic E-state index is 5.68. The van der Waals surface area contributed by atoms with Crippen LogP contribution in [-0.2, 0) is 11.3 Å². The summed E-state index contributed by atoms with van der Waals surface area (Å²) in [7, 11) is 4.15. The van der Waals surface area contributed by atoms with Crippen molar-refractivity contribution < 1.29 is 4.74 Å². The zero-order chi connectivity index (χ0) is 14.7. The fourth-order valence-electron chi connectivity index (χ4n) is 2.74. The predicted octanol–water partition coefficient (Wildman–Crippen LogP) is 2.99. The van der Waals surface area contributed by atoms with Crippen molar-refractivity contribution in [1.29, 1.82) is 0 Å². The first-order valence-electron chi connectivity index (χ1n) is 7.57. The van der Waals surface area contributed by atoms with Crippen molar-refractivity contribution in [1.82, 2.24) is 10.3 Å². The van der Waals surface area contributed by atoms with Crippen molar-refractivity contribution in [3.05, 3.63) is 10.6 Å². The fraction of sp³-hybridized carbons (Fsp3) is 0.800. The largest absolute Gasteiger partial charge is 0.376 e. The van der Waals surface area contributed by atoms with Gasteiger partial charge in [-0.2, -0.15) is 0 Å². The van der Waals surface area contributed by atoms with Crippen LogP contribution in [0.1, 0.15) is 50.1 Å². The molecule has 2 rings (SSSR count). The summed E-state index contributed by atoms with van der Waals surface area (Å²) in [6.07, 6.45) is 2.52. The van der Waals surface area contributed by atoms with Crippen LogP contribution in [0.15, 0.2) is 0 Å². The molecule has 1 fully saturated rings. The smallest absolute Gasteiger partial charge is 0.185 e. The first-order chi connectivity index (χ1) is 9.58. The van der Waals surface area contributed by atoms with E-state index < -0.39 is 0 Å². The van der Waals surface area contributed by atoms with Gasteiger partial charge in [0.15, 0.2) is 5.13 Å². The molecular weight excluding hydrogens is 270 g/mol. The van der Waals surface area contributed by atoms with Crippen LogP contribution in [0.5, 0.6) is 0 Å². The van der Waals surface area contributed by atoms with Gasteiger partial charge in [-0.15, -0.1) is 11.3 Å². The van der Waals surface area contributed by atoms with Crippen LogP contribution >= 0.6 is 11.3 Å². The Morgan fingerprint density at radius 2 is 2.30 bits per heavy atom. The number of rotatable bonds is 6. The zero-order valence-corrected chi connectivity index (χ0v) is 14.1. The van der Waals surface area contributed by atoms with E-state index in [1.165, 1.54) is 10.6 Å². The van der Waals surface area contributed by atoms with Gasteiger partial charge in [0.1, 0.15) is 0 Å². The molecule has 3 unspecified atom stereocenters. The lowest BCUT2D eigenvalue weighted by Gasteiger charge is -2.26. The second-order valence-corrected chi connectivity index (χ2v) is 6.75. The van der Waals surface area contributed by atoms with E-state index in [-0.39, 0.29) is 0 Å². The Labute approximate surface area is 126 Å². The summed E-state index contributed by atoms with van der Waals surface area (Å²) in [6, 6.07) is 0.452. The van der Waals surface area contributed by atoms with Gasteiger partial charge in [0.25, 0.3) is 0 Å². The molecule has 1 aliphatic rings. The standard InChI is InChI=1S/C15H27N3OS/c1-6-10(2)14-13(9-16-4)20-15(17-14)18(5)12-7-8-19-11(12)3/h10-12,16H,6-9H2,1-5H3. The van der Waals surface area contributed by atoms with Crippen molar-refractivity contribution in [3.8, 4) is 0 Å². The number of ether oxygens (including phenoxy) is 1. The highest BCUT2D eigenvalue weighted by atomic mass is 32.1. The molecule has 1 aromatic rings. The third-order valence-electron chi connectivity index (χ3n) is 4.27. The Morgan fingerprint density at radius 3 is 2.85 bits per heavy atom. The minimum Gasteiger partial charge on any atom is -0.376 e. The lowest BCUT2D eigenvalue weighted by atomic mass is 10.0. The Morgan fingerprint density at radius 1 is 1.55 bits per heavy atom. The van der Waals surface area contributed by atoms with Gasteiger partial charge in [-0.05, 0) is 32.7 Å². The second-order valence-electron chi connectivity index (χ2n) is 5.69. The van der Waals surface area contributed by atoms with Crippen molar-refractivity contribution in [2.24, 2.45) is 0 Å². The number of thiazole rings is 1. The number of anilines is 1. The van der Waals surface area contributed by atoms with Gasteiger partial charge < -0.3 is 15.0 Å². The van der Waals surface area contributed by atoms with Gasteiger partial charge in [-0.3, -0.25) is 0 Å². The Kier molecular flexibility index (Phi) is 5.41. The quantitative estimate of drug-likeness (QED) is 0.876. The molecule has 20 heavy (non-hydrogen) atoms. The van der Waals surface area contributed by atoms with Crippen LogP contribution in [0.4, 0.5) is 5.13 Å². The van der Waals surface area contributed by atoms with Gasteiger partial charge in [0, 0.05) is 25.1 Å². The van der Waals surface area contributed by atoms with Crippen LogP contribution in [0, 0.1) is 0 Å². The second kappa shape index (κ2) is 6.87. The lowest BCUT2D eigenvalue weighted by molar-refractivity contribution is 0.118. The van der Waals surface area contributed by atoms with E-state index in [9.17, 15) is 0 Å². The molecule has 0 aromatic carbocycles. The molecule has 114 valence electrons. The Hall–Kier alpha value is -0.650. The highest BCUT2D eigenvalue weighted by Crippen LogP contribution is 2.34. The van der Waals surface area contributed by atoms with E-state index in [1.807, 2.05) is 18.4 Å². The van der Waals surface area contributed by atoms with E-state index in [0.717, 1.165) is 31.1 Å². The number of nitrogens with one attached hydrogen (secondary N) is 1. The van der Waals surface area contributed by atoms with Crippen molar-refractivity contribution in [3.63, 3.8) is 0 Å². The molecule has 3 atom stereocenters. The molecule has 1 aliphatic heterocycles. The molecular formula is C15H27N3OS. The lowest BCUT2D eigenvalue weighted by Crippen LogP contribution is -2.36. The summed E-state index contributed by atoms with van der Waals surface area (Å²) in [5.74, 6) is 0.522. The van der Waals surface area contributed by atoms with Crippen LogP contribution < -0.4 is 10.2 Å². The summed E-state index contributed by atoms with van der Waals surface area (Å²) in [5, 5.41) is 4.39. The first-order valence-corrected chi connectivity index (χ1v) is 8.38. The Balaban J connectivity index is 2.23. The van der Waals surface area contributed by atoms with Crippen molar-refractivity contribution >= 4 is 16.5 Å². The van der Waals surface area contributed by atoms with Gasteiger partial charge in [-0.1, -0.05) is 13.8 Å². The van der Waals surface area contributed by atoms with Gasteiger partial charge in [-0.25, -0.2) is 4.98 Å². The molecule has 1 saturated heterocycles. The monoisotopic (exact) mass is 297 g/mol. The van der Waals surface area contributed by atoms with E-state index in [2.05, 4.69) is 38.0 Å². The summed E-state index contributed by atoms with van der Waals surface area (Å²) in [5.41, 5.74) is 1.26. The van der Waals surface area contributed by atoms with Gasteiger partial charge in [0.2, 0.25) is 0 Å². The number of hydrogen-bond acceptors (Lipinski definition) is 5. The van der Waals surface area contributed by atoms with Crippen molar-refractivity contribution in [2.45, 2.75) is 58.2 Å². The highest BCUT2D eigenvalue weighted by Gasteiger charge is 2.30. The number of nitrogens with zero attached hydrogens (tertiary/aromatic N) is 2. The molecule has 2 heterocycles. The maximum absolute atomic E-state index is 5.68. The number of hydrogen-bond donors (Lipinski definition) is 1. The van der Waals surface area contributed by atoms with E-state index in [1.54, 1.807) is 0 Å². The summed E-state index contributed by atoms with van der Waals surface area (Å²) < 4.78 is 5.68. The Bertz CT molecular complexity index is 435. The minimum atomic E-state index is 0.295. The molecule has 0 aliphatic carbocycles. The van der Waals surface area contributed by atoms with E-state index in [4.69, 9.17) is 9.72 Å². The molecule has 0 radical (unpaired) electrons. The van der Waals surface area contributed by atoms with E-state index in [0.29, 0.717) is 18.1 Å². The van der Waals surface area contributed by atoms with Crippen LogP contribution in [0.2, 0.25) is 0 Å². The number of likely N-dealkylation sites (N-methyl/N-ethyl adjacent to an activating group) is 1. The third-order valence-corrected chi connectivity index (χ3v) is 5.43.